The van der Waals surface area contributed by atoms with E-state index < -0.39 is 0 Å². The van der Waals surface area contributed by atoms with E-state index in [-0.39, 0.29) is 0 Å². The molecule has 2 aromatic heterocycles. The third-order valence-electron chi connectivity index (χ3n) is 13.8. The van der Waals surface area contributed by atoms with Crippen LogP contribution in [0.4, 0.5) is 22.7 Å². The zero-order chi connectivity index (χ0) is 43.3. The molecule has 0 saturated heterocycles. The lowest BCUT2D eigenvalue weighted by molar-refractivity contribution is 0.994. The van der Waals surface area contributed by atoms with Gasteiger partial charge in [0.1, 0.15) is 12.2 Å². The Labute approximate surface area is 388 Å². The summed E-state index contributed by atoms with van der Waals surface area (Å²) in [5.74, 6) is 0. The normalized spacial score (nSPS) is 12.8. The summed E-state index contributed by atoms with van der Waals surface area (Å²) in [6.07, 6.45) is 2.33. The SMILES string of the molecule is C1=[N+](c2ccccc2)c2cc3c(cc2N(c2ccccc2)C1)=c1ccc(-c2cccc4c2sc2ccccc24)cc1=c1cc(-c2cccc4c2sc2ccccc24)ccc1=c1ccccc1=3. The standard InChI is InChI=1S/C62H39N2S2/c1-3-15-41(16-4-1)63-33-34-64(42-17-5-2-6-18-42)58-38-56-48-32-30-40(44-24-14-26-52-50-22-10-12-28-60(50)66-62(44)52)36-54(48)53-35-39(43-23-13-25-51-49-21-9-11-27-59(49)65-61(43)51)29-31-47(53)45-19-7-8-20-46(45)55(56)37-57(58)63/h1-33,35-38H,34H2/q+1. The summed E-state index contributed by atoms with van der Waals surface area (Å²) in [5.41, 5.74) is 9.64. The maximum Gasteiger partial charge on any atom is 0.235 e. The minimum absolute atomic E-state index is 0.738. The first-order chi connectivity index (χ1) is 32.7. The molecule has 66 heavy (non-hydrogen) atoms. The number of anilines is 2. The zero-order valence-electron chi connectivity index (χ0n) is 35.8. The molecule has 0 unspecified atom stereocenters. The van der Waals surface area contributed by atoms with Crippen LogP contribution in [-0.4, -0.2) is 12.8 Å². The van der Waals surface area contributed by atoms with E-state index in [4.69, 9.17) is 0 Å². The van der Waals surface area contributed by atoms with Gasteiger partial charge in [0.2, 0.25) is 11.4 Å². The van der Waals surface area contributed by atoms with E-state index >= 15 is 0 Å². The molecule has 0 bridgehead atoms. The molecular formula is C62H39N2S2+. The largest absolute Gasteiger partial charge is 0.326 e. The molecule has 1 aliphatic carbocycles. The lowest BCUT2D eigenvalue weighted by Crippen LogP contribution is -2.29. The Hall–Kier alpha value is -7.89. The molecule has 0 atom stereocenters. The van der Waals surface area contributed by atoms with E-state index in [9.17, 15) is 0 Å². The van der Waals surface area contributed by atoms with Gasteiger partial charge in [0.05, 0.1) is 0 Å². The van der Waals surface area contributed by atoms with Gasteiger partial charge in [0.15, 0.2) is 6.21 Å². The first-order valence-electron chi connectivity index (χ1n) is 22.6. The second kappa shape index (κ2) is 14.8. The number of benzene rings is 10. The van der Waals surface area contributed by atoms with Crippen LogP contribution in [0.15, 0.2) is 218 Å². The van der Waals surface area contributed by atoms with Gasteiger partial charge in [-0.05, 0) is 106 Å². The molecule has 308 valence electrons. The number of rotatable bonds is 4. The van der Waals surface area contributed by atoms with Crippen molar-refractivity contribution < 1.29 is 0 Å². The van der Waals surface area contributed by atoms with Crippen molar-refractivity contribution >= 4 is 92.0 Å². The number of nitrogens with zero attached hydrogens (tertiary/aromatic N) is 2. The number of fused-ring (bicyclic) bond motifs is 11. The molecule has 0 spiro atoms. The van der Waals surface area contributed by atoms with Gasteiger partial charge in [-0.25, -0.2) is 0 Å². The van der Waals surface area contributed by atoms with Crippen molar-refractivity contribution in [2.75, 3.05) is 11.4 Å². The first kappa shape index (κ1) is 37.5. The minimum Gasteiger partial charge on any atom is -0.326 e. The van der Waals surface area contributed by atoms with Crippen LogP contribution in [0.25, 0.3) is 62.6 Å². The molecule has 1 aliphatic heterocycles. The van der Waals surface area contributed by atoms with Crippen molar-refractivity contribution in [1.29, 1.82) is 0 Å². The van der Waals surface area contributed by atoms with Crippen LogP contribution in [0.1, 0.15) is 0 Å². The average Bonchev–Trinajstić information content (AvgIpc) is 3.97. The number of hydrogen-bond donors (Lipinski definition) is 0. The monoisotopic (exact) mass is 875 g/mol. The summed E-state index contributed by atoms with van der Waals surface area (Å²) in [7, 11) is 0. The van der Waals surface area contributed by atoms with Crippen LogP contribution in [0, 0.1) is 41.7 Å². The molecule has 10 aromatic carbocycles. The van der Waals surface area contributed by atoms with Crippen molar-refractivity contribution in [1.82, 2.24) is 4.58 Å². The molecule has 0 radical (unpaired) electrons. The Bertz CT molecular complexity index is 4440. The van der Waals surface area contributed by atoms with E-state index in [0.717, 1.165) is 17.9 Å². The van der Waals surface area contributed by atoms with Gasteiger partial charge in [-0.3, -0.25) is 0 Å². The van der Waals surface area contributed by atoms with Gasteiger partial charge in [0, 0.05) is 64.2 Å². The molecule has 12 aromatic rings. The van der Waals surface area contributed by atoms with Crippen LogP contribution < -0.4 is 9.48 Å². The summed E-state index contributed by atoms with van der Waals surface area (Å²) in [4.78, 5) is 2.47. The number of para-hydroxylation sites is 2. The van der Waals surface area contributed by atoms with Gasteiger partial charge in [-0.15, -0.1) is 22.7 Å². The Morgan fingerprint density at radius 1 is 0.364 bits per heavy atom. The van der Waals surface area contributed by atoms with Gasteiger partial charge in [-0.1, -0.05) is 158 Å². The van der Waals surface area contributed by atoms with Crippen LogP contribution in [-0.2, 0) is 0 Å². The second-order valence-corrected chi connectivity index (χ2v) is 19.5. The Kier molecular flexibility index (Phi) is 8.42. The molecule has 14 rings (SSSR count). The van der Waals surface area contributed by atoms with E-state index in [1.165, 1.54) is 116 Å². The predicted octanol–water partition coefficient (Wildman–Crippen LogP) is 16.3. The molecule has 0 fully saturated rings. The lowest BCUT2D eigenvalue weighted by Gasteiger charge is -2.27. The second-order valence-electron chi connectivity index (χ2n) is 17.3. The first-order valence-corrected chi connectivity index (χ1v) is 24.2. The van der Waals surface area contributed by atoms with Crippen molar-refractivity contribution in [3.05, 3.63) is 260 Å². The molecular weight excluding hydrogens is 837 g/mol. The minimum atomic E-state index is 0.738. The van der Waals surface area contributed by atoms with Gasteiger partial charge < -0.3 is 4.90 Å². The maximum atomic E-state index is 2.49. The Morgan fingerprint density at radius 3 is 1.45 bits per heavy atom. The van der Waals surface area contributed by atoms with E-state index in [2.05, 4.69) is 234 Å². The average molecular weight is 876 g/mol. The van der Waals surface area contributed by atoms with Gasteiger partial charge in [0.25, 0.3) is 0 Å². The fourth-order valence-corrected chi connectivity index (χ4v) is 13.2. The van der Waals surface area contributed by atoms with E-state index in [0.29, 0.717) is 0 Å². The molecule has 0 N–H and O–H groups in total. The Balaban J connectivity index is 1.17. The topological polar surface area (TPSA) is 6.25 Å². The summed E-state index contributed by atoms with van der Waals surface area (Å²) >= 11 is 3.79. The van der Waals surface area contributed by atoms with Crippen molar-refractivity contribution in [3.63, 3.8) is 0 Å². The van der Waals surface area contributed by atoms with Crippen molar-refractivity contribution in [2.45, 2.75) is 0 Å². The van der Waals surface area contributed by atoms with Crippen LogP contribution in [0.2, 0.25) is 0 Å². The van der Waals surface area contributed by atoms with Gasteiger partial charge in [-0.2, -0.15) is 4.58 Å². The smallest absolute Gasteiger partial charge is 0.235 e. The van der Waals surface area contributed by atoms with Crippen molar-refractivity contribution in [2.24, 2.45) is 0 Å². The van der Waals surface area contributed by atoms with Gasteiger partial charge >= 0.3 is 0 Å². The van der Waals surface area contributed by atoms with Crippen LogP contribution in [0.3, 0.4) is 0 Å². The highest BCUT2D eigenvalue weighted by molar-refractivity contribution is 7.26. The summed E-state index contributed by atoms with van der Waals surface area (Å²) in [6.45, 7) is 0.738. The quantitative estimate of drug-likeness (QED) is 0.160. The third kappa shape index (κ3) is 5.75. The highest BCUT2D eigenvalue weighted by Gasteiger charge is 2.28. The molecule has 2 nitrogen and oxygen atoms in total. The van der Waals surface area contributed by atoms with E-state index in [1.807, 2.05) is 22.7 Å². The maximum absolute atomic E-state index is 2.49. The summed E-state index contributed by atoms with van der Waals surface area (Å²) < 4.78 is 7.68. The van der Waals surface area contributed by atoms with Crippen molar-refractivity contribution in [3.8, 4) is 22.3 Å². The van der Waals surface area contributed by atoms with Crippen LogP contribution in [0.5, 0.6) is 0 Å². The molecule has 4 heteroatoms. The highest BCUT2D eigenvalue weighted by atomic mass is 32.1. The fraction of sp³-hybridized carbons (Fsp3) is 0.0161. The Morgan fingerprint density at radius 2 is 0.833 bits per heavy atom. The summed E-state index contributed by atoms with van der Waals surface area (Å²) in [6, 6.07) is 81.4. The highest BCUT2D eigenvalue weighted by Crippen LogP contribution is 2.43. The number of hydrogen-bond acceptors (Lipinski definition) is 3. The molecule has 3 heterocycles. The summed E-state index contributed by atoms with van der Waals surface area (Å²) in [5, 5.41) is 15.1. The van der Waals surface area contributed by atoms with E-state index in [1.54, 1.807) is 0 Å². The lowest BCUT2D eigenvalue weighted by atomic mass is 9.95. The number of thiophene rings is 2. The molecule has 2 aliphatic rings. The molecule has 0 saturated carbocycles. The predicted molar refractivity (Wildman–Crippen MR) is 281 cm³/mol. The molecule has 0 amide bonds. The van der Waals surface area contributed by atoms with Crippen LogP contribution >= 0.6 is 22.7 Å². The zero-order valence-corrected chi connectivity index (χ0v) is 37.4. The fourth-order valence-electron chi connectivity index (χ4n) is 10.7. The third-order valence-corrected chi connectivity index (χ3v) is 16.2.